The maximum absolute atomic E-state index is 11.4. The van der Waals surface area contributed by atoms with Crippen LogP contribution in [0.5, 0.6) is 0 Å². The van der Waals surface area contributed by atoms with E-state index in [2.05, 4.69) is 10.6 Å². The largest absolute Gasteiger partial charge is 0.481 e. The van der Waals surface area contributed by atoms with E-state index in [4.69, 9.17) is 5.11 Å². The third-order valence-corrected chi connectivity index (χ3v) is 3.81. The Morgan fingerprint density at radius 1 is 1.10 bits per heavy atom. The van der Waals surface area contributed by atoms with E-state index >= 15 is 0 Å². The van der Waals surface area contributed by atoms with E-state index in [9.17, 15) is 18.0 Å². The number of nitrogens with one attached hydrogen (secondary N) is 2. The van der Waals surface area contributed by atoms with E-state index in [1.807, 2.05) is 13.8 Å². The molecule has 0 aromatic heterocycles. The number of urea groups is 1. The monoisotopic (exact) mass is 308 g/mol. The van der Waals surface area contributed by atoms with E-state index in [0.29, 0.717) is 19.4 Å². The van der Waals surface area contributed by atoms with Crippen LogP contribution in [0, 0.1) is 5.41 Å². The number of hydrogen-bond acceptors (Lipinski definition) is 4. The molecule has 0 aromatic carbocycles. The van der Waals surface area contributed by atoms with Gasteiger partial charge < -0.3 is 15.7 Å². The Balaban J connectivity index is 3.82. The third kappa shape index (κ3) is 11.8. The van der Waals surface area contributed by atoms with Gasteiger partial charge in [0, 0.05) is 25.8 Å². The maximum atomic E-state index is 11.4. The molecule has 0 bridgehead atoms. The van der Waals surface area contributed by atoms with Gasteiger partial charge in [-0.2, -0.15) is 0 Å². The molecule has 2 amide bonds. The summed E-state index contributed by atoms with van der Waals surface area (Å²) in [4.78, 5) is 21.9. The first-order valence-electron chi connectivity index (χ1n) is 6.43. The molecule has 0 aliphatic carbocycles. The standard InChI is InChI=1S/C12H24N2O5S/c1-12(2,5-4-10(15)16)6-7-13-11(17)14-8-9-20(3,18)19/h4-9H2,1-3H3,(H,15,16)(H2,13,14,17). The summed E-state index contributed by atoms with van der Waals surface area (Å²) in [5.74, 6) is -0.922. The summed E-state index contributed by atoms with van der Waals surface area (Å²) in [5, 5.41) is 13.7. The second-order valence-corrected chi connectivity index (χ2v) is 7.88. The maximum Gasteiger partial charge on any atom is 0.314 e. The molecule has 0 fully saturated rings. The molecule has 0 aliphatic rings. The van der Waals surface area contributed by atoms with Gasteiger partial charge in [0.05, 0.1) is 5.75 Å². The lowest BCUT2D eigenvalue weighted by Gasteiger charge is -2.23. The summed E-state index contributed by atoms with van der Waals surface area (Å²) in [6.07, 6.45) is 2.41. The van der Waals surface area contributed by atoms with E-state index in [0.717, 1.165) is 6.26 Å². The van der Waals surface area contributed by atoms with Gasteiger partial charge in [0.15, 0.2) is 0 Å². The Morgan fingerprint density at radius 2 is 1.65 bits per heavy atom. The molecule has 7 nitrogen and oxygen atoms in total. The van der Waals surface area contributed by atoms with Gasteiger partial charge in [0.2, 0.25) is 0 Å². The molecule has 3 N–H and O–H groups in total. The number of aliphatic carboxylic acids is 1. The second-order valence-electron chi connectivity index (χ2n) is 5.62. The van der Waals surface area contributed by atoms with Gasteiger partial charge in [-0.15, -0.1) is 0 Å². The molecule has 0 radical (unpaired) electrons. The highest BCUT2D eigenvalue weighted by molar-refractivity contribution is 7.90. The molecule has 0 aromatic rings. The number of carbonyl (C=O) groups is 2. The van der Waals surface area contributed by atoms with Crippen LogP contribution in [0.2, 0.25) is 0 Å². The summed E-state index contributed by atoms with van der Waals surface area (Å²) >= 11 is 0. The molecule has 0 saturated carbocycles. The molecule has 20 heavy (non-hydrogen) atoms. The molecule has 0 unspecified atom stereocenters. The van der Waals surface area contributed by atoms with E-state index in [-0.39, 0.29) is 24.1 Å². The predicted octanol–water partition coefficient (Wildman–Crippen LogP) is 0.611. The SMILES string of the molecule is CC(C)(CCNC(=O)NCCS(C)(=O)=O)CCC(=O)O. The minimum Gasteiger partial charge on any atom is -0.481 e. The number of sulfone groups is 1. The van der Waals surface area contributed by atoms with Crippen LogP contribution in [-0.2, 0) is 14.6 Å². The van der Waals surface area contributed by atoms with Gasteiger partial charge in [-0.05, 0) is 18.3 Å². The zero-order valence-corrected chi connectivity index (χ0v) is 13.0. The third-order valence-electron chi connectivity index (χ3n) is 2.86. The van der Waals surface area contributed by atoms with Crippen molar-refractivity contribution in [2.75, 3.05) is 25.1 Å². The quantitative estimate of drug-likeness (QED) is 0.577. The zero-order chi connectivity index (χ0) is 15.8. The Kier molecular flexibility index (Phi) is 7.55. The van der Waals surface area contributed by atoms with Crippen LogP contribution in [0.4, 0.5) is 4.79 Å². The molecule has 0 aliphatic heterocycles. The van der Waals surface area contributed by atoms with Crippen molar-refractivity contribution < 1.29 is 23.1 Å². The summed E-state index contributed by atoms with van der Waals surface area (Å²) in [6.45, 7) is 4.38. The van der Waals surface area contributed by atoms with Crippen molar-refractivity contribution >= 4 is 21.8 Å². The van der Waals surface area contributed by atoms with Gasteiger partial charge in [-0.25, -0.2) is 13.2 Å². The van der Waals surface area contributed by atoms with Gasteiger partial charge in [-0.3, -0.25) is 4.79 Å². The van der Waals surface area contributed by atoms with Crippen molar-refractivity contribution in [1.82, 2.24) is 10.6 Å². The fourth-order valence-electron chi connectivity index (χ4n) is 1.50. The first kappa shape index (κ1) is 18.7. The van der Waals surface area contributed by atoms with Crippen molar-refractivity contribution in [3.63, 3.8) is 0 Å². The first-order chi connectivity index (χ1) is 9.02. The zero-order valence-electron chi connectivity index (χ0n) is 12.2. The molecule has 118 valence electrons. The molecule has 8 heteroatoms. The Labute approximate surface area is 120 Å². The molecule has 0 spiro atoms. The molecular formula is C12H24N2O5S. The Bertz CT molecular complexity index is 431. The van der Waals surface area contributed by atoms with E-state index < -0.39 is 21.8 Å². The van der Waals surface area contributed by atoms with Crippen molar-refractivity contribution in [2.24, 2.45) is 5.41 Å². The number of hydrogen-bond donors (Lipinski definition) is 3. The van der Waals surface area contributed by atoms with Gasteiger partial charge in [0.1, 0.15) is 9.84 Å². The average Bonchev–Trinajstić information content (AvgIpc) is 2.24. The second kappa shape index (κ2) is 8.08. The van der Waals surface area contributed by atoms with Gasteiger partial charge in [-0.1, -0.05) is 13.8 Å². The van der Waals surface area contributed by atoms with Crippen LogP contribution >= 0.6 is 0 Å². The fraction of sp³-hybridized carbons (Fsp3) is 0.833. The molecule has 0 atom stereocenters. The summed E-state index contributed by atoms with van der Waals surface area (Å²) in [6, 6.07) is -0.414. The average molecular weight is 308 g/mol. The highest BCUT2D eigenvalue weighted by atomic mass is 32.2. The van der Waals surface area contributed by atoms with Crippen LogP contribution in [0.3, 0.4) is 0 Å². The minimum absolute atomic E-state index is 0.0765. The van der Waals surface area contributed by atoms with Gasteiger partial charge in [0.25, 0.3) is 0 Å². The lowest BCUT2D eigenvalue weighted by Crippen LogP contribution is -2.39. The van der Waals surface area contributed by atoms with Crippen LogP contribution < -0.4 is 10.6 Å². The molecule has 0 saturated heterocycles. The van der Waals surface area contributed by atoms with Crippen molar-refractivity contribution in [3.05, 3.63) is 0 Å². The summed E-state index contributed by atoms with van der Waals surface area (Å²) < 4.78 is 21.7. The normalized spacial score (nSPS) is 11.9. The number of carboxylic acids is 1. The number of amides is 2. The summed E-state index contributed by atoms with van der Waals surface area (Å²) in [7, 11) is -3.08. The van der Waals surface area contributed by atoms with Gasteiger partial charge >= 0.3 is 12.0 Å². The van der Waals surface area contributed by atoms with Crippen molar-refractivity contribution in [1.29, 1.82) is 0 Å². The molecule has 0 rings (SSSR count). The van der Waals surface area contributed by atoms with Crippen LogP contribution in [0.1, 0.15) is 33.1 Å². The van der Waals surface area contributed by atoms with Crippen LogP contribution in [0.25, 0.3) is 0 Å². The summed E-state index contributed by atoms with van der Waals surface area (Å²) in [5.41, 5.74) is -0.168. The predicted molar refractivity (Wildman–Crippen MR) is 76.4 cm³/mol. The molecular weight excluding hydrogens is 284 g/mol. The minimum atomic E-state index is -3.08. The highest BCUT2D eigenvalue weighted by Gasteiger charge is 2.19. The fourth-order valence-corrected chi connectivity index (χ4v) is 1.97. The Morgan fingerprint density at radius 3 is 2.15 bits per heavy atom. The topological polar surface area (TPSA) is 113 Å². The number of rotatable bonds is 9. The van der Waals surface area contributed by atoms with E-state index in [1.165, 1.54) is 0 Å². The smallest absolute Gasteiger partial charge is 0.314 e. The molecule has 0 heterocycles. The lowest BCUT2D eigenvalue weighted by atomic mass is 9.84. The van der Waals surface area contributed by atoms with Crippen molar-refractivity contribution in [2.45, 2.75) is 33.1 Å². The van der Waals surface area contributed by atoms with Crippen LogP contribution in [-0.4, -0.2) is 50.6 Å². The first-order valence-corrected chi connectivity index (χ1v) is 8.49. The van der Waals surface area contributed by atoms with E-state index in [1.54, 1.807) is 0 Å². The number of carbonyl (C=O) groups excluding carboxylic acids is 1. The lowest BCUT2D eigenvalue weighted by molar-refractivity contribution is -0.137. The Hall–Kier alpha value is -1.31. The van der Waals surface area contributed by atoms with Crippen LogP contribution in [0.15, 0.2) is 0 Å². The van der Waals surface area contributed by atoms with Crippen molar-refractivity contribution in [3.8, 4) is 0 Å². The highest BCUT2D eigenvalue weighted by Crippen LogP contribution is 2.25. The number of carboxylic acid groups (broad SMARTS) is 1.